The molecule has 0 atom stereocenters. The lowest BCUT2D eigenvalue weighted by atomic mass is 10.1. The minimum absolute atomic E-state index is 0.264. The molecule has 0 radical (unpaired) electrons. The van der Waals surface area contributed by atoms with Gasteiger partial charge in [0, 0.05) is 12.0 Å². The Morgan fingerprint density at radius 3 is 1.84 bits per heavy atom. The van der Waals surface area contributed by atoms with E-state index in [2.05, 4.69) is 18.2 Å². The lowest BCUT2D eigenvalue weighted by molar-refractivity contribution is -0.156. The van der Waals surface area contributed by atoms with Crippen LogP contribution in [0.15, 0.2) is 12.2 Å². The zero-order valence-corrected chi connectivity index (χ0v) is 12.5. The summed E-state index contributed by atoms with van der Waals surface area (Å²) in [6, 6.07) is 0. The summed E-state index contributed by atoms with van der Waals surface area (Å²) in [7, 11) is 0. The predicted octanol–water partition coefficient (Wildman–Crippen LogP) is 4.55. The Morgan fingerprint density at radius 1 is 0.895 bits per heavy atom. The van der Waals surface area contributed by atoms with E-state index in [0.717, 1.165) is 19.3 Å². The van der Waals surface area contributed by atoms with Crippen molar-refractivity contribution >= 4 is 11.9 Å². The highest BCUT2D eigenvalue weighted by Crippen LogP contribution is 2.10. The van der Waals surface area contributed by atoms with Crippen molar-refractivity contribution in [2.24, 2.45) is 0 Å². The van der Waals surface area contributed by atoms with E-state index >= 15 is 0 Å². The maximum atomic E-state index is 11.3. The molecule has 0 amide bonds. The van der Waals surface area contributed by atoms with Crippen LogP contribution < -0.4 is 0 Å². The molecule has 0 saturated carbocycles. The van der Waals surface area contributed by atoms with Crippen molar-refractivity contribution in [3.05, 3.63) is 12.2 Å². The van der Waals surface area contributed by atoms with Crippen molar-refractivity contribution < 1.29 is 14.3 Å². The molecule has 0 aliphatic rings. The number of hydrogen-bond acceptors (Lipinski definition) is 3. The van der Waals surface area contributed by atoms with Gasteiger partial charge < -0.3 is 4.74 Å². The first kappa shape index (κ1) is 17.9. The van der Waals surface area contributed by atoms with Gasteiger partial charge in [0.1, 0.15) is 0 Å². The van der Waals surface area contributed by atoms with Gasteiger partial charge >= 0.3 is 11.9 Å². The van der Waals surface area contributed by atoms with Crippen molar-refractivity contribution in [3.63, 3.8) is 0 Å². The zero-order valence-electron chi connectivity index (χ0n) is 12.5. The monoisotopic (exact) mass is 268 g/mol. The summed E-state index contributed by atoms with van der Waals surface area (Å²) in [5.74, 6) is -1.04. The van der Waals surface area contributed by atoms with Crippen LogP contribution in [0.4, 0.5) is 0 Å². The normalized spacial score (nSPS) is 10.2. The molecule has 0 aromatic heterocycles. The van der Waals surface area contributed by atoms with Gasteiger partial charge in [-0.15, -0.1) is 0 Å². The Bertz CT molecular complexity index is 282. The van der Waals surface area contributed by atoms with Crippen molar-refractivity contribution in [2.45, 2.75) is 78.1 Å². The molecule has 0 aliphatic carbocycles. The average Bonchev–Trinajstić information content (AvgIpc) is 2.36. The van der Waals surface area contributed by atoms with Crippen molar-refractivity contribution in [1.29, 1.82) is 0 Å². The largest absolute Gasteiger partial charge is 0.390 e. The molecule has 0 unspecified atom stereocenters. The molecule has 19 heavy (non-hydrogen) atoms. The molecule has 0 N–H and O–H groups in total. The van der Waals surface area contributed by atoms with Crippen LogP contribution in [0.5, 0.6) is 0 Å². The van der Waals surface area contributed by atoms with Gasteiger partial charge in [-0.05, 0) is 13.3 Å². The first-order chi connectivity index (χ1) is 9.07. The van der Waals surface area contributed by atoms with E-state index in [1.54, 1.807) is 0 Å². The molecule has 0 aliphatic heterocycles. The highest BCUT2D eigenvalue weighted by atomic mass is 16.6. The number of esters is 2. The number of rotatable bonds is 11. The summed E-state index contributed by atoms with van der Waals surface area (Å²) in [4.78, 5) is 22.4. The molecule has 0 heterocycles. The number of ether oxygens (including phenoxy) is 1. The molecule has 0 spiro atoms. The Hall–Kier alpha value is -1.12. The molecule has 0 aromatic carbocycles. The maximum Gasteiger partial charge on any atom is 0.340 e. The van der Waals surface area contributed by atoms with Crippen LogP contribution in [0, 0.1) is 0 Å². The zero-order chi connectivity index (χ0) is 14.5. The van der Waals surface area contributed by atoms with E-state index in [1.807, 2.05) is 0 Å². The first-order valence-corrected chi connectivity index (χ1v) is 7.48. The van der Waals surface area contributed by atoms with Crippen LogP contribution in [0.25, 0.3) is 0 Å². The fourth-order valence-electron chi connectivity index (χ4n) is 1.82. The summed E-state index contributed by atoms with van der Waals surface area (Å²) >= 11 is 0. The van der Waals surface area contributed by atoms with Gasteiger partial charge in [-0.3, -0.25) is 4.79 Å². The molecule has 0 saturated heterocycles. The molecule has 0 aromatic rings. The van der Waals surface area contributed by atoms with E-state index in [-0.39, 0.29) is 5.57 Å². The van der Waals surface area contributed by atoms with E-state index in [0.29, 0.717) is 6.42 Å². The molecular formula is C16H28O3. The second-order valence-electron chi connectivity index (χ2n) is 5.12. The van der Waals surface area contributed by atoms with Gasteiger partial charge in [0.15, 0.2) is 0 Å². The maximum absolute atomic E-state index is 11.3. The number of carbonyl (C=O) groups is 2. The molecular weight excluding hydrogens is 240 g/mol. The van der Waals surface area contributed by atoms with Crippen LogP contribution in [0.2, 0.25) is 0 Å². The third-order valence-corrected chi connectivity index (χ3v) is 3.04. The minimum atomic E-state index is -0.610. The van der Waals surface area contributed by atoms with E-state index in [1.165, 1.54) is 45.4 Å². The van der Waals surface area contributed by atoms with E-state index in [4.69, 9.17) is 0 Å². The molecule has 0 rings (SSSR count). The second kappa shape index (κ2) is 11.9. The molecule has 0 fully saturated rings. The number of carbonyl (C=O) groups excluding carboxylic acids is 2. The summed E-state index contributed by atoms with van der Waals surface area (Å²) in [6.45, 7) is 7.19. The van der Waals surface area contributed by atoms with Crippen LogP contribution in [-0.2, 0) is 14.3 Å². The van der Waals surface area contributed by atoms with Gasteiger partial charge in [-0.2, -0.15) is 0 Å². The Kier molecular flexibility index (Phi) is 11.2. The lowest BCUT2D eigenvalue weighted by Gasteiger charge is -2.03. The minimum Gasteiger partial charge on any atom is -0.390 e. The van der Waals surface area contributed by atoms with Crippen LogP contribution in [-0.4, -0.2) is 11.9 Å². The summed E-state index contributed by atoms with van der Waals surface area (Å²) in [5, 5.41) is 0. The van der Waals surface area contributed by atoms with Gasteiger partial charge in [-0.25, -0.2) is 4.79 Å². The third-order valence-electron chi connectivity index (χ3n) is 3.04. The second-order valence-corrected chi connectivity index (χ2v) is 5.12. The van der Waals surface area contributed by atoms with Gasteiger partial charge in [0.2, 0.25) is 0 Å². The van der Waals surface area contributed by atoms with E-state index in [9.17, 15) is 9.59 Å². The SMILES string of the molecule is C=C(C)C(=O)OC(=O)CCCCCCCCCCC. The highest BCUT2D eigenvalue weighted by molar-refractivity contribution is 5.95. The summed E-state index contributed by atoms with van der Waals surface area (Å²) < 4.78 is 4.61. The lowest BCUT2D eigenvalue weighted by Crippen LogP contribution is -2.12. The smallest absolute Gasteiger partial charge is 0.340 e. The van der Waals surface area contributed by atoms with Gasteiger partial charge in [-0.1, -0.05) is 64.9 Å². The summed E-state index contributed by atoms with van der Waals surface area (Å²) in [6.07, 6.45) is 11.1. The Balaban J connectivity index is 3.32. The van der Waals surface area contributed by atoms with Crippen LogP contribution in [0.1, 0.15) is 78.1 Å². The standard InChI is InChI=1S/C16H28O3/c1-4-5-6-7-8-9-10-11-12-13-15(17)19-16(18)14(2)3/h2,4-13H2,1,3H3. The van der Waals surface area contributed by atoms with Crippen molar-refractivity contribution in [3.8, 4) is 0 Å². The molecule has 3 nitrogen and oxygen atoms in total. The van der Waals surface area contributed by atoms with Crippen LogP contribution >= 0.6 is 0 Å². The quantitative estimate of drug-likeness (QED) is 0.239. The highest BCUT2D eigenvalue weighted by Gasteiger charge is 2.10. The van der Waals surface area contributed by atoms with Gasteiger partial charge in [0.05, 0.1) is 0 Å². The molecule has 3 heteroatoms. The molecule has 110 valence electrons. The number of hydrogen-bond donors (Lipinski definition) is 0. The predicted molar refractivity (Wildman–Crippen MR) is 77.8 cm³/mol. The van der Waals surface area contributed by atoms with E-state index < -0.39 is 11.9 Å². The number of unbranched alkanes of at least 4 members (excludes halogenated alkanes) is 8. The van der Waals surface area contributed by atoms with Crippen molar-refractivity contribution in [2.75, 3.05) is 0 Å². The Morgan fingerprint density at radius 2 is 1.37 bits per heavy atom. The molecule has 0 bridgehead atoms. The third kappa shape index (κ3) is 11.7. The van der Waals surface area contributed by atoms with Crippen molar-refractivity contribution in [1.82, 2.24) is 0 Å². The average molecular weight is 268 g/mol. The van der Waals surface area contributed by atoms with Gasteiger partial charge in [0.25, 0.3) is 0 Å². The topological polar surface area (TPSA) is 43.4 Å². The summed E-state index contributed by atoms with van der Waals surface area (Å²) in [5.41, 5.74) is 0.264. The van der Waals surface area contributed by atoms with Crippen LogP contribution in [0.3, 0.4) is 0 Å². The fraction of sp³-hybridized carbons (Fsp3) is 0.750. The first-order valence-electron chi connectivity index (χ1n) is 7.48. The Labute approximate surface area is 117 Å². The fourth-order valence-corrected chi connectivity index (χ4v) is 1.82.